The van der Waals surface area contributed by atoms with Crippen LogP contribution in [0.25, 0.3) is 0 Å². The van der Waals surface area contributed by atoms with Gasteiger partial charge in [-0.1, -0.05) is 60.7 Å². The first-order valence-electron chi connectivity index (χ1n) is 6.89. The standard InChI is InChI=1S/C17H14N2O3/c20-14-17(13-9-5-2-6-10-13,15(21)19-16(22)18-14)11-12-7-3-1-4-8-12/h1-10H,11H2,(H2,18,19,20,21,22). The lowest BCUT2D eigenvalue weighted by Crippen LogP contribution is -2.65. The van der Waals surface area contributed by atoms with Gasteiger partial charge in [-0.05, 0) is 17.5 Å². The van der Waals surface area contributed by atoms with Crippen molar-refractivity contribution in [3.63, 3.8) is 0 Å². The minimum atomic E-state index is -1.45. The first-order chi connectivity index (χ1) is 10.6. The van der Waals surface area contributed by atoms with Gasteiger partial charge in [0.2, 0.25) is 11.8 Å². The van der Waals surface area contributed by atoms with Crippen molar-refractivity contribution in [1.29, 1.82) is 0 Å². The van der Waals surface area contributed by atoms with Gasteiger partial charge in [0.15, 0.2) is 5.41 Å². The van der Waals surface area contributed by atoms with Crippen molar-refractivity contribution in [2.75, 3.05) is 0 Å². The Morgan fingerprint density at radius 1 is 0.727 bits per heavy atom. The Balaban J connectivity index is 2.12. The number of rotatable bonds is 3. The molecule has 0 unspecified atom stereocenters. The van der Waals surface area contributed by atoms with Gasteiger partial charge in [0, 0.05) is 0 Å². The van der Waals surface area contributed by atoms with Crippen molar-refractivity contribution in [1.82, 2.24) is 10.6 Å². The predicted molar refractivity (Wildman–Crippen MR) is 79.9 cm³/mol. The number of barbiturate groups is 1. The molecule has 1 aliphatic heterocycles. The van der Waals surface area contributed by atoms with Crippen molar-refractivity contribution in [2.45, 2.75) is 11.8 Å². The average molecular weight is 294 g/mol. The Hall–Kier alpha value is -2.95. The number of hydrogen-bond acceptors (Lipinski definition) is 3. The summed E-state index contributed by atoms with van der Waals surface area (Å²) in [6.45, 7) is 0. The van der Waals surface area contributed by atoms with Gasteiger partial charge >= 0.3 is 6.03 Å². The molecular formula is C17H14N2O3. The smallest absolute Gasteiger partial charge is 0.277 e. The highest BCUT2D eigenvalue weighted by Crippen LogP contribution is 2.31. The second-order valence-corrected chi connectivity index (χ2v) is 5.17. The van der Waals surface area contributed by atoms with E-state index >= 15 is 0 Å². The van der Waals surface area contributed by atoms with Crippen molar-refractivity contribution in [3.8, 4) is 0 Å². The maximum Gasteiger partial charge on any atom is 0.328 e. The van der Waals surface area contributed by atoms with E-state index < -0.39 is 23.3 Å². The molecule has 0 spiro atoms. The highest BCUT2D eigenvalue weighted by molar-refractivity contribution is 6.23. The minimum absolute atomic E-state index is 0.183. The fraction of sp³-hybridized carbons (Fsp3) is 0.118. The van der Waals surface area contributed by atoms with E-state index in [-0.39, 0.29) is 6.42 Å². The molecular weight excluding hydrogens is 280 g/mol. The molecule has 1 fully saturated rings. The van der Waals surface area contributed by atoms with Crippen LogP contribution < -0.4 is 10.6 Å². The Kier molecular flexibility index (Phi) is 3.47. The zero-order valence-corrected chi connectivity index (χ0v) is 11.7. The van der Waals surface area contributed by atoms with Gasteiger partial charge in [-0.25, -0.2) is 4.79 Å². The van der Waals surface area contributed by atoms with E-state index in [2.05, 4.69) is 10.6 Å². The van der Waals surface area contributed by atoms with E-state index in [0.717, 1.165) is 5.56 Å². The number of hydrogen-bond donors (Lipinski definition) is 2. The summed E-state index contributed by atoms with van der Waals surface area (Å²) in [6, 6.07) is 17.2. The van der Waals surface area contributed by atoms with Gasteiger partial charge < -0.3 is 0 Å². The summed E-state index contributed by atoms with van der Waals surface area (Å²) in [4.78, 5) is 36.5. The molecule has 0 atom stereocenters. The third-order valence-electron chi connectivity index (χ3n) is 3.81. The van der Waals surface area contributed by atoms with Gasteiger partial charge in [-0.15, -0.1) is 0 Å². The van der Waals surface area contributed by atoms with Gasteiger partial charge in [0.25, 0.3) is 0 Å². The van der Waals surface area contributed by atoms with E-state index in [1.807, 2.05) is 36.4 Å². The molecule has 0 aromatic heterocycles. The van der Waals surface area contributed by atoms with Crippen LogP contribution in [0.5, 0.6) is 0 Å². The highest BCUT2D eigenvalue weighted by Gasteiger charge is 2.51. The molecule has 0 radical (unpaired) electrons. The number of nitrogens with one attached hydrogen (secondary N) is 2. The lowest BCUT2D eigenvalue weighted by molar-refractivity contribution is -0.138. The summed E-state index contributed by atoms with van der Waals surface area (Å²) in [5.41, 5.74) is -0.0522. The van der Waals surface area contributed by atoms with Gasteiger partial charge in [-0.3, -0.25) is 20.2 Å². The third-order valence-corrected chi connectivity index (χ3v) is 3.81. The third kappa shape index (κ3) is 2.26. The zero-order chi connectivity index (χ0) is 15.6. The lowest BCUT2D eigenvalue weighted by Gasteiger charge is -2.34. The molecule has 22 heavy (non-hydrogen) atoms. The minimum Gasteiger partial charge on any atom is -0.277 e. The fourth-order valence-electron chi connectivity index (χ4n) is 2.70. The molecule has 0 bridgehead atoms. The molecule has 1 heterocycles. The fourth-order valence-corrected chi connectivity index (χ4v) is 2.70. The van der Waals surface area contributed by atoms with Crippen LogP contribution in [-0.2, 0) is 21.4 Å². The van der Waals surface area contributed by atoms with Gasteiger partial charge in [-0.2, -0.15) is 0 Å². The number of carbonyl (C=O) groups is 3. The maximum absolute atomic E-state index is 12.5. The van der Waals surface area contributed by atoms with Crippen LogP contribution in [-0.4, -0.2) is 17.8 Å². The molecule has 110 valence electrons. The van der Waals surface area contributed by atoms with Crippen LogP contribution in [0.3, 0.4) is 0 Å². The number of imide groups is 2. The molecule has 5 nitrogen and oxygen atoms in total. The number of urea groups is 1. The molecule has 1 saturated heterocycles. The van der Waals surface area contributed by atoms with E-state index in [0.29, 0.717) is 5.56 Å². The molecule has 4 amide bonds. The van der Waals surface area contributed by atoms with Gasteiger partial charge in [0.05, 0.1) is 0 Å². The molecule has 0 aliphatic carbocycles. The lowest BCUT2D eigenvalue weighted by atomic mass is 9.73. The van der Waals surface area contributed by atoms with Crippen molar-refractivity contribution in [3.05, 3.63) is 71.8 Å². The van der Waals surface area contributed by atoms with Crippen molar-refractivity contribution < 1.29 is 14.4 Å². The molecule has 2 aromatic carbocycles. The first-order valence-corrected chi connectivity index (χ1v) is 6.89. The largest absolute Gasteiger partial charge is 0.328 e. The quantitative estimate of drug-likeness (QED) is 0.843. The summed E-state index contributed by atoms with van der Waals surface area (Å²) < 4.78 is 0. The summed E-state index contributed by atoms with van der Waals surface area (Å²) in [5, 5.41) is 4.42. The highest BCUT2D eigenvalue weighted by atomic mass is 16.2. The zero-order valence-electron chi connectivity index (χ0n) is 11.7. The van der Waals surface area contributed by atoms with E-state index in [1.165, 1.54) is 0 Å². The Morgan fingerprint density at radius 3 is 1.77 bits per heavy atom. The second-order valence-electron chi connectivity index (χ2n) is 5.17. The molecule has 3 rings (SSSR count). The van der Waals surface area contributed by atoms with Crippen molar-refractivity contribution >= 4 is 17.8 Å². The van der Waals surface area contributed by atoms with Crippen LogP contribution in [0.15, 0.2) is 60.7 Å². The number of carbonyl (C=O) groups excluding carboxylic acids is 3. The number of amides is 4. The molecule has 1 aliphatic rings. The molecule has 0 saturated carbocycles. The number of benzene rings is 2. The van der Waals surface area contributed by atoms with Crippen LogP contribution in [0.1, 0.15) is 11.1 Å². The van der Waals surface area contributed by atoms with Crippen LogP contribution in [0, 0.1) is 0 Å². The van der Waals surface area contributed by atoms with Crippen molar-refractivity contribution in [2.24, 2.45) is 0 Å². The Morgan fingerprint density at radius 2 is 1.23 bits per heavy atom. The topological polar surface area (TPSA) is 75.3 Å². The second kappa shape index (κ2) is 5.44. The average Bonchev–Trinajstić information content (AvgIpc) is 2.53. The Bertz CT molecular complexity index is 706. The summed E-state index contributed by atoms with van der Waals surface area (Å²) in [5.74, 6) is -1.20. The molecule has 2 aromatic rings. The predicted octanol–water partition coefficient (Wildman–Crippen LogP) is 1.53. The maximum atomic E-state index is 12.5. The monoisotopic (exact) mass is 294 g/mol. The van der Waals surface area contributed by atoms with E-state index in [9.17, 15) is 14.4 Å². The Labute approximate surface area is 127 Å². The summed E-state index contributed by atoms with van der Waals surface area (Å²) in [7, 11) is 0. The van der Waals surface area contributed by atoms with E-state index in [1.54, 1.807) is 24.3 Å². The van der Waals surface area contributed by atoms with Crippen LogP contribution >= 0.6 is 0 Å². The van der Waals surface area contributed by atoms with E-state index in [4.69, 9.17) is 0 Å². The van der Waals surface area contributed by atoms with Gasteiger partial charge in [0.1, 0.15) is 0 Å². The summed E-state index contributed by atoms with van der Waals surface area (Å²) >= 11 is 0. The normalized spacial score (nSPS) is 16.8. The van der Waals surface area contributed by atoms with Crippen LogP contribution in [0.2, 0.25) is 0 Å². The molecule has 5 heteroatoms. The summed E-state index contributed by atoms with van der Waals surface area (Å²) in [6.07, 6.45) is 0.183. The SMILES string of the molecule is O=C1NC(=O)C(Cc2ccccc2)(c2ccccc2)C(=O)N1. The van der Waals surface area contributed by atoms with Crippen LogP contribution in [0.4, 0.5) is 4.79 Å². The molecule has 2 N–H and O–H groups in total. The first kappa shape index (κ1) is 14.0.